The molecule has 0 N–H and O–H groups in total. The summed E-state index contributed by atoms with van der Waals surface area (Å²) < 4.78 is 5.38. The molecule has 0 fully saturated rings. The molecule has 34 heavy (non-hydrogen) atoms. The molecule has 0 bridgehead atoms. The van der Waals surface area contributed by atoms with Crippen LogP contribution in [0.5, 0.6) is 0 Å². The molecule has 0 aliphatic carbocycles. The lowest BCUT2D eigenvalue weighted by Gasteiger charge is -2.21. The summed E-state index contributed by atoms with van der Waals surface area (Å²) in [5, 5.41) is 5.96. The van der Waals surface area contributed by atoms with Crippen molar-refractivity contribution in [2.24, 2.45) is 11.8 Å². The zero-order chi connectivity index (χ0) is 24.2. The quantitative estimate of drug-likeness (QED) is 0.147. The molecule has 4 heteroatoms. The number of unbranched alkanes of at least 4 members (excludes halogenated alkanes) is 2. The van der Waals surface area contributed by atoms with E-state index in [-0.39, 0.29) is 0 Å². The van der Waals surface area contributed by atoms with E-state index in [4.69, 9.17) is 0 Å². The standard InChI is InChI=1S/C30H38Br2S2/c1-5-9-11-19(7-3)13-21-23-15-28-26(18-30(32)34-28)22(14-20(8-4)12-10-6-2)24(23)16-27-25(21)17-29(31)33-27/h15-20H,5-14H2,1-4H3. The molecule has 0 amide bonds. The largest absolute Gasteiger partial charge is 0.128 e. The van der Waals surface area contributed by atoms with E-state index < -0.39 is 0 Å². The van der Waals surface area contributed by atoms with Gasteiger partial charge in [0.15, 0.2) is 0 Å². The number of rotatable bonds is 12. The van der Waals surface area contributed by atoms with Crippen LogP contribution in [0.25, 0.3) is 30.9 Å². The number of benzene rings is 2. The predicted octanol–water partition coefficient (Wildman–Crippen LogP) is 12.3. The van der Waals surface area contributed by atoms with Crippen molar-refractivity contribution in [3.8, 4) is 0 Å². The third-order valence-electron chi connectivity index (χ3n) is 7.68. The van der Waals surface area contributed by atoms with E-state index in [2.05, 4.69) is 83.8 Å². The van der Waals surface area contributed by atoms with Gasteiger partial charge in [-0.2, -0.15) is 0 Å². The van der Waals surface area contributed by atoms with Crippen molar-refractivity contribution in [2.45, 2.75) is 91.9 Å². The van der Waals surface area contributed by atoms with Crippen LogP contribution in [-0.2, 0) is 12.8 Å². The van der Waals surface area contributed by atoms with Crippen molar-refractivity contribution in [2.75, 3.05) is 0 Å². The summed E-state index contributed by atoms with van der Waals surface area (Å²) >= 11 is 11.4. The summed E-state index contributed by atoms with van der Waals surface area (Å²) in [4.78, 5) is 0. The van der Waals surface area contributed by atoms with E-state index in [1.54, 1.807) is 11.1 Å². The maximum Gasteiger partial charge on any atom is 0.0711 e. The molecule has 0 radical (unpaired) electrons. The van der Waals surface area contributed by atoms with Gasteiger partial charge in [-0.1, -0.05) is 79.1 Å². The van der Waals surface area contributed by atoms with Crippen molar-refractivity contribution >= 4 is 85.5 Å². The number of hydrogen-bond acceptors (Lipinski definition) is 2. The second-order valence-corrected chi connectivity index (χ2v) is 14.9. The average molecular weight is 623 g/mol. The van der Waals surface area contributed by atoms with Crippen LogP contribution >= 0.6 is 54.5 Å². The van der Waals surface area contributed by atoms with Crippen LogP contribution in [0.3, 0.4) is 0 Å². The van der Waals surface area contributed by atoms with Gasteiger partial charge < -0.3 is 0 Å². The smallest absolute Gasteiger partial charge is 0.0711 e. The molecule has 4 rings (SSSR count). The molecule has 0 saturated carbocycles. The van der Waals surface area contributed by atoms with Gasteiger partial charge in [0.25, 0.3) is 0 Å². The molecule has 2 atom stereocenters. The van der Waals surface area contributed by atoms with E-state index in [1.807, 2.05) is 22.7 Å². The highest BCUT2D eigenvalue weighted by Gasteiger charge is 2.20. The molecule has 184 valence electrons. The first-order valence-corrected chi connectivity index (χ1v) is 16.5. The molecule has 2 aromatic heterocycles. The Kier molecular flexibility index (Phi) is 9.57. The Morgan fingerprint density at radius 2 is 1.03 bits per heavy atom. The first-order chi connectivity index (χ1) is 16.5. The molecule has 2 unspecified atom stereocenters. The zero-order valence-electron chi connectivity index (χ0n) is 21.1. The summed E-state index contributed by atoms with van der Waals surface area (Å²) in [5.41, 5.74) is 3.18. The Bertz CT molecular complexity index is 1150. The van der Waals surface area contributed by atoms with Crippen molar-refractivity contribution in [1.82, 2.24) is 0 Å². The molecule has 2 heterocycles. The van der Waals surface area contributed by atoms with E-state index in [1.165, 1.54) is 103 Å². The highest BCUT2D eigenvalue weighted by atomic mass is 79.9. The minimum atomic E-state index is 0.759. The van der Waals surface area contributed by atoms with Crippen molar-refractivity contribution in [3.63, 3.8) is 0 Å². The van der Waals surface area contributed by atoms with Gasteiger partial charge in [-0.15, -0.1) is 22.7 Å². The molecule has 0 aliphatic rings. The van der Waals surface area contributed by atoms with Gasteiger partial charge >= 0.3 is 0 Å². The predicted molar refractivity (Wildman–Crippen MR) is 164 cm³/mol. The second kappa shape index (κ2) is 12.2. The SMILES string of the molecule is CCCCC(CC)Cc1c2cc(Br)sc2cc2c(CC(CC)CCCC)c3cc(Br)sc3cc12. The summed E-state index contributed by atoms with van der Waals surface area (Å²) in [6.45, 7) is 9.40. The summed E-state index contributed by atoms with van der Waals surface area (Å²) in [6.07, 6.45) is 12.8. The van der Waals surface area contributed by atoms with Gasteiger partial charge in [-0.05, 0) is 113 Å². The minimum absolute atomic E-state index is 0.759. The number of hydrogen-bond donors (Lipinski definition) is 0. The maximum atomic E-state index is 3.82. The Hall–Kier alpha value is -0.420. The third-order valence-corrected chi connectivity index (χ3v) is 10.8. The third kappa shape index (κ3) is 5.76. The molecule has 2 aromatic carbocycles. The van der Waals surface area contributed by atoms with Gasteiger partial charge in [0, 0.05) is 9.40 Å². The van der Waals surface area contributed by atoms with E-state index in [0.29, 0.717) is 0 Å². The fraction of sp³-hybridized carbons (Fsp3) is 0.533. The molecule has 0 saturated heterocycles. The zero-order valence-corrected chi connectivity index (χ0v) is 25.9. The van der Waals surface area contributed by atoms with Gasteiger partial charge in [0.2, 0.25) is 0 Å². The van der Waals surface area contributed by atoms with Crippen LogP contribution in [0.1, 0.15) is 90.2 Å². The molecular formula is C30H38Br2S2. The van der Waals surface area contributed by atoms with E-state index in [9.17, 15) is 0 Å². The van der Waals surface area contributed by atoms with Crippen LogP contribution in [0.2, 0.25) is 0 Å². The second-order valence-electron chi connectivity index (χ2n) is 9.97. The topological polar surface area (TPSA) is 0 Å². The monoisotopic (exact) mass is 620 g/mol. The van der Waals surface area contributed by atoms with Gasteiger partial charge in [0.1, 0.15) is 0 Å². The first-order valence-electron chi connectivity index (χ1n) is 13.2. The average Bonchev–Trinajstić information content (AvgIpc) is 3.39. The maximum absolute atomic E-state index is 3.82. The number of thiophene rings is 2. The lowest BCUT2D eigenvalue weighted by Crippen LogP contribution is -2.07. The normalized spacial score (nSPS) is 13.9. The van der Waals surface area contributed by atoms with Crippen molar-refractivity contribution in [3.05, 3.63) is 43.0 Å². The fourth-order valence-electron chi connectivity index (χ4n) is 5.55. The molecule has 0 nitrogen and oxygen atoms in total. The van der Waals surface area contributed by atoms with Crippen LogP contribution in [0, 0.1) is 11.8 Å². The molecule has 4 aromatic rings. The Balaban J connectivity index is 1.95. The van der Waals surface area contributed by atoms with Crippen molar-refractivity contribution < 1.29 is 0 Å². The summed E-state index contributed by atoms with van der Waals surface area (Å²) in [5.74, 6) is 1.52. The lowest BCUT2D eigenvalue weighted by atomic mass is 9.84. The van der Waals surface area contributed by atoms with E-state index >= 15 is 0 Å². The van der Waals surface area contributed by atoms with Crippen LogP contribution in [-0.4, -0.2) is 0 Å². The van der Waals surface area contributed by atoms with E-state index in [0.717, 1.165) is 11.8 Å². The van der Waals surface area contributed by atoms with Gasteiger partial charge in [-0.25, -0.2) is 0 Å². The highest BCUT2D eigenvalue weighted by molar-refractivity contribution is 9.11. The van der Waals surface area contributed by atoms with Crippen LogP contribution in [0.15, 0.2) is 31.8 Å². The molecular weight excluding hydrogens is 584 g/mol. The Labute approximate surface area is 230 Å². The van der Waals surface area contributed by atoms with Gasteiger partial charge in [0.05, 0.1) is 7.57 Å². The van der Waals surface area contributed by atoms with Gasteiger partial charge in [-0.3, -0.25) is 0 Å². The Morgan fingerprint density at radius 3 is 1.38 bits per heavy atom. The fourth-order valence-corrected chi connectivity index (χ4v) is 8.76. The molecule has 0 spiro atoms. The number of fused-ring (bicyclic) bond motifs is 3. The lowest BCUT2D eigenvalue weighted by molar-refractivity contribution is 0.450. The molecule has 0 aliphatic heterocycles. The highest BCUT2D eigenvalue weighted by Crippen LogP contribution is 2.44. The minimum Gasteiger partial charge on any atom is -0.128 e. The summed E-state index contributed by atoms with van der Waals surface area (Å²) in [6, 6.07) is 9.80. The van der Waals surface area contributed by atoms with Crippen LogP contribution in [0.4, 0.5) is 0 Å². The summed E-state index contributed by atoms with van der Waals surface area (Å²) in [7, 11) is 0. The number of halogens is 2. The first kappa shape index (κ1) is 26.6. The Morgan fingerprint density at radius 1 is 0.618 bits per heavy atom. The van der Waals surface area contributed by atoms with Crippen molar-refractivity contribution in [1.29, 1.82) is 0 Å². The van der Waals surface area contributed by atoms with Crippen LogP contribution < -0.4 is 0 Å².